The number of nitrogens with zero attached hydrogens (tertiary/aromatic N) is 2. The van der Waals surface area contributed by atoms with E-state index < -0.39 is 0 Å². The predicted octanol–water partition coefficient (Wildman–Crippen LogP) is 2.61. The maximum atomic E-state index is 12.5. The maximum absolute atomic E-state index is 12.5. The number of hydrogen-bond donors (Lipinski definition) is 1. The second-order valence-corrected chi connectivity index (χ2v) is 7.16. The van der Waals surface area contributed by atoms with Gasteiger partial charge in [-0.1, -0.05) is 12.1 Å². The molecular formula is C20H25N3O4. The Balaban J connectivity index is 1.28. The van der Waals surface area contributed by atoms with Crippen LogP contribution in [0.5, 0.6) is 11.5 Å². The van der Waals surface area contributed by atoms with E-state index >= 15 is 0 Å². The molecule has 0 aliphatic carbocycles. The molecule has 3 heterocycles. The lowest BCUT2D eigenvalue weighted by molar-refractivity contribution is 0.0927. The van der Waals surface area contributed by atoms with E-state index in [9.17, 15) is 4.79 Å². The molecule has 0 radical (unpaired) electrons. The van der Waals surface area contributed by atoms with E-state index in [1.165, 1.54) is 0 Å². The maximum Gasteiger partial charge on any atom is 0.251 e. The third kappa shape index (κ3) is 4.24. The van der Waals surface area contributed by atoms with Gasteiger partial charge in [-0.25, -0.2) is 0 Å². The summed E-state index contributed by atoms with van der Waals surface area (Å²) in [6, 6.07) is 7.32. The van der Waals surface area contributed by atoms with Gasteiger partial charge in [-0.05, 0) is 49.9 Å². The number of aryl methyl sites for hydroxylation is 1. The molecular weight excluding hydrogens is 346 g/mol. The highest BCUT2D eigenvalue weighted by atomic mass is 16.7. The van der Waals surface area contributed by atoms with E-state index in [-0.39, 0.29) is 12.7 Å². The van der Waals surface area contributed by atoms with Crippen LogP contribution in [-0.2, 0) is 13.0 Å². The van der Waals surface area contributed by atoms with Gasteiger partial charge in [-0.3, -0.25) is 9.69 Å². The van der Waals surface area contributed by atoms with Crippen LogP contribution in [0.25, 0.3) is 0 Å². The SMILES string of the molecule is CCc1cc(CN2CCC[C@@H](CNC(=O)c3ccc4c(c3)OCO4)C2)on1. The van der Waals surface area contributed by atoms with Gasteiger partial charge in [0.25, 0.3) is 5.91 Å². The first-order valence-corrected chi connectivity index (χ1v) is 9.56. The molecule has 1 saturated heterocycles. The summed E-state index contributed by atoms with van der Waals surface area (Å²) >= 11 is 0. The summed E-state index contributed by atoms with van der Waals surface area (Å²) in [5.74, 6) is 2.59. The first-order chi connectivity index (χ1) is 13.2. The number of fused-ring (bicyclic) bond motifs is 1. The van der Waals surface area contributed by atoms with Crippen molar-refractivity contribution in [1.82, 2.24) is 15.4 Å². The fraction of sp³-hybridized carbons (Fsp3) is 0.500. The van der Waals surface area contributed by atoms with Crippen LogP contribution in [0.15, 0.2) is 28.8 Å². The van der Waals surface area contributed by atoms with Crippen LogP contribution in [0.1, 0.15) is 41.6 Å². The van der Waals surface area contributed by atoms with Crippen molar-refractivity contribution in [2.45, 2.75) is 32.7 Å². The fourth-order valence-corrected chi connectivity index (χ4v) is 3.66. The number of nitrogens with one attached hydrogen (secondary N) is 1. The van der Waals surface area contributed by atoms with Gasteiger partial charge in [-0.2, -0.15) is 0 Å². The average Bonchev–Trinajstić information content (AvgIpc) is 3.34. The molecule has 2 aliphatic rings. The molecule has 1 aromatic carbocycles. The van der Waals surface area contributed by atoms with E-state index in [1.54, 1.807) is 18.2 Å². The number of carbonyl (C=O) groups is 1. The molecule has 4 rings (SSSR count). The van der Waals surface area contributed by atoms with E-state index in [2.05, 4.69) is 22.3 Å². The average molecular weight is 371 g/mol. The number of benzene rings is 1. The molecule has 0 spiro atoms. The van der Waals surface area contributed by atoms with Crippen LogP contribution in [-0.4, -0.2) is 42.4 Å². The van der Waals surface area contributed by atoms with Gasteiger partial charge < -0.3 is 19.3 Å². The molecule has 7 heteroatoms. The van der Waals surface area contributed by atoms with Gasteiger partial charge in [0, 0.05) is 24.7 Å². The van der Waals surface area contributed by atoms with Crippen LogP contribution >= 0.6 is 0 Å². The van der Waals surface area contributed by atoms with E-state index in [1.807, 2.05) is 6.07 Å². The molecule has 7 nitrogen and oxygen atoms in total. The summed E-state index contributed by atoms with van der Waals surface area (Å²) < 4.78 is 16.0. The minimum atomic E-state index is -0.0757. The second-order valence-electron chi connectivity index (χ2n) is 7.16. The number of carbonyl (C=O) groups excluding carboxylic acids is 1. The van der Waals surface area contributed by atoms with Gasteiger partial charge in [0.05, 0.1) is 12.2 Å². The first kappa shape index (κ1) is 17.9. The second kappa shape index (κ2) is 8.00. The Morgan fingerprint density at radius 1 is 1.30 bits per heavy atom. The molecule has 1 amide bonds. The Morgan fingerprint density at radius 2 is 2.19 bits per heavy atom. The van der Waals surface area contributed by atoms with Gasteiger partial charge in [-0.15, -0.1) is 0 Å². The topological polar surface area (TPSA) is 76.8 Å². The zero-order valence-electron chi connectivity index (χ0n) is 15.6. The molecule has 1 N–H and O–H groups in total. The molecule has 2 aliphatic heterocycles. The molecule has 1 fully saturated rings. The lowest BCUT2D eigenvalue weighted by Crippen LogP contribution is -2.40. The van der Waals surface area contributed by atoms with Crippen LogP contribution < -0.4 is 14.8 Å². The Labute approximate surface area is 158 Å². The van der Waals surface area contributed by atoms with Gasteiger partial charge in [0.1, 0.15) is 0 Å². The number of aromatic nitrogens is 1. The Bertz CT molecular complexity index is 804. The Hall–Kier alpha value is -2.54. The van der Waals surface area contributed by atoms with E-state index in [4.69, 9.17) is 14.0 Å². The molecule has 0 unspecified atom stereocenters. The van der Waals surface area contributed by atoms with Crippen LogP contribution in [0.3, 0.4) is 0 Å². The normalized spacial score (nSPS) is 19.2. The van der Waals surface area contributed by atoms with Crippen LogP contribution in [0.2, 0.25) is 0 Å². The van der Waals surface area contributed by atoms with Gasteiger partial charge in [0.2, 0.25) is 6.79 Å². The molecule has 1 atom stereocenters. The molecule has 0 bridgehead atoms. The van der Waals surface area contributed by atoms with Crippen molar-refractivity contribution in [3.8, 4) is 11.5 Å². The highest BCUT2D eigenvalue weighted by molar-refractivity contribution is 5.94. The third-order valence-corrected chi connectivity index (χ3v) is 5.14. The van der Waals surface area contributed by atoms with Gasteiger partial charge >= 0.3 is 0 Å². The van der Waals surface area contributed by atoms with E-state index in [0.717, 1.165) is 50.4 Å². The highest BCUT2D eigenvalue weighted by Gasteiger charge is 2.22. The predicted molar refractivity (Wildman–Crippen MR) is 98.8 cm³/mol. The van der Waals surface area contributed by atoms with Crippen molar-refractivity contribution < 1.29 is 18.8 Å². The minimum absolute atomic E-state index is 0.0757. The lowest BCUT2D eigenvalue weighted by atomic mass is 9.97. The van der Waals surface area contributed by atoms with Crippen molar-refractivity contribution in [1.29, 1.82) is 0 Å². The monoisotopic (exact) mass is 371 g/mol. The summed E-state index contributed by atoms with van der Waals surface area (Å²) in [5, 5.41) is 7.12. The van der Waals surface area contributed by atoms with Crippen molar-refractivity contribution in [3.63, 3.8) is 0 Å². The summed E-state index contributed by atoms with van der Waals surface area (Å²) in [7, 11) is 0. The summed E-state index contributed by atoms with van der Waals surface area (Å²) in [4.78, 5) is 14.8. The molecule has 144 valence electrons. The quantitative estimate of drug-likeness (QED) is 0.841. The highest BCUT2D eigenvalue weighted by Crippen LogP contribution is 2.32. The third-order valence-electron chi connectivity index (χ3n) is 5.14. The first-order valence-electron chi connectivity index (χ1n) is 9.56. The largest absolute Gasteiger partial charge is 0.454 e. The van der Waals surface area contributed by atoms with Crippen molar-refractivity contribution >= 4 is 5.91 Å². The molecule has 2 aromatic rings. The number of ether oxygens (including phenoxy) is 2. The van der Waals surface area contributed by atoms with Crippen LogP contribution in [0, 0.1) is 5.92 Å². The minimum Gasteiger partial charge on any atom is -0.454 e. The Morgan fingerprint density at radius 3 is 3.04 bits per heavy atom. The van der Waals surface area contributed by atoms with Crippen LogP contribution in [0.4, 0.5) is 0 Å². The molecule has 1 aromatic heterocycles. The zero-order valence-corrected chi connectivity index (χ0v) is 15.6. The Kier molecular flexibility index (Phi) is 5.29. The number of likely N-dealkylation sites (tertiary alicyclic amines) is 1. The smallest absolute Gasteiger partial charge is 0.251 e. The molecule has 27 heavy (non-hydrogen) atoms. The molecule has 0 saturated carbocycles. The van der Waals surface area contributed by atoms with E-state index in [0.29, 0.717) is 29.5 Å². The lowest BCUT2D eigenvalue weighted by Gasteiger charge is -2.32. The van der Waals surface area contributed by atoms with Crippen molar-refractivity contribution in [2.24, 2.45) is 5.92 Å². The number of piperidine rings is 1. The van der Waals surface area contributed by atoms with Crippen molar-refractivity contribution in [2.75, 3.05) is 26.4 Å². The summed E-state index contributed by atoms with van der Waals surface area (Å²) in [5.41, 5.74) is 1.59. The van der Waals surface area contributed by atoms with Gasteiger partial charge in [0.15, 0.2) is 17.3 Å². The summed E-state index contributed by atoms with van der Waals surface area (Å²) in [6.45, 7) is 5.73. The fourth-order valence-electron chi connectivity index (χ4n) is 3.66. The standard InChI is InChI=1S/C20H25N3O4/c1-2-16-9-17(27-22-16)12-23-7-3-4-14(11-23)10-21-20(24)15-5-6-18-19(8-15)26-13-25-18/h5-6,8-9,14H,2-4,7,10-13H2,1H3,(H,21,24)/t14-/m0/s1. The summed E-state index contributed by atoms with van der Waals surface area (Å²) in [6.07, 6.45) is 3.13. The number of hydrogen-bond acceptors (Lipinski definition) is 6. The van der Waals surface area contributed by atoms with Crippen molar-refractivity contribution in [3.05, 3.63) is 41.3 Å². The zero-order chi connectivity index (χ0) is 18.6. The number of amides is 1. The number of rotatable bonds is 6.